The summed E-state index contributed by atoms with van der Waals surface area (Å²) in [7, 11) is 0. The highest BCUT2D eigenvalue weighted by Gasteiger charge is 2.39. The fourth-order valence-electron chi connectivity index (χ4n) is 3.17. The molecular formula is C18H30N4O5. The second-order valence-corrected chi connectivity index (χ2v) is 7.34. The van der Waals surface area contributed by atoms with Gasteiger partial charge in [0.15, 0.2) is 6.10 Å². The summed E-state index contributed by atoms with van der Waals surface area (Å²) in [5, 5.41) is 8.29. The third kappa shape index (κ3) is 6.50. The highest BCUT2D eigenvalue weighted by Crippen LogP contribution is 2.22. The average Bonchev–Trinajstić information content (AvgIpc) is 3.32. The maximum absolute atomic E-state index is 12.6. The monoisotopic (exact) mass is 382 g/mol. The van der Waals surface area contributed by atoms with Gasteiger partial charge in [0.1, 0.15) is 0 Å². The molecule has 0 aromatic heterocycles. The molecule has 0 aromatic carbocycles. The van der Waals surface area contributed by atoms with Gasteiger partial charge in [-0.05, 0) is 32.1 Å². The third-order valence-corrected chi connectivity index (χ3v) is 4.81. The Morgan fingerprint density at radius 3 is 2.48 bits per heavy atom. The van der Waals surface area contributed by atoms with Crippen LogP contribution in [0, 0.1) is 5.92 Å². The zero-order chi connectivity index (χ0) is 20.0. The first-order valence-electron chi connectivity index (χ1n) is 9.63. The molecule has 0 spiro atoms. The molecule has 152 valence electrons. The van der Waals surface area contributed by atoms with Crippen LogP contribution in [-0.4, -0.2) is 54.5 Å². The Morgan fingerprint density at radius 2 is 1.96 bits per heavy atom. The molecule has 27 heavy (non-hydrogen) atoms. The number of esters is 1. The summed E-state index contributed by atoms with van der Waals surface area (Å²) in [5.41, 5.74) is 5.88. The molecule has 1 unspecified atom stereocenters. The first kappa shape index (κ1) is 21.1. The topological polar surface area (TPSA) is 140 Å². The van der Waals surface area contributed by atoms with Crippen molar-refractivity contribution in [1.29, 1.82) is 0 Å². The highest BCUT2D eigenvalue weighted by molar-refractivity contribution is 5.87. The molecule has 9 heteroatoms. The summed E-state index contributed by atoms with van der Waals surface area (Å²) in [6, 6.07) is -1.47. The Kier molecular flexibility index (Phi) is 7.58. The van der Waals surface area contributed by atoms with Crippen molar-refractivity contribution in [1.82, 2.24) is 16.0 Å². The smallest absolute Gasteiger partial charge is 0.303 e. The van der Waals surface area contributed by atoms with Gasteiger partial charge in [-0.15, -0.1) is 0 Å². The Morgan fingerprint density at radius 1 is 1.26 bits per heavy atom. The Bertz CT molecular complexity index is 578. The zero-order valence-electron chi connectivity index (χ0n) is 16.0. The van der Waals surface area contributed by atoms with E-state index in [1.54, 1.807) is 0 Å². The minimum atomic E-state index is -1.20. The van der Waals surface area contributed by atoms with E-state index >= 15 is 0 Å². The van der Waals surface area contributed by atoms with Gasteiger partial charge in [-0.2, -0.15) is 0 Å². The van der Waals surface area contributed by atoms with Crippen molar-refractivity contribution in [2.24, 2.45) is 11.7 Å². The summed E-state index contributed by atoms with van der Waals surface area (Å²) in [6.45, 7) is 3.67. The fraction of sp³-hybridized carbons (Fsp3) is 0.778. The van der Waals surface area contributed by atoms with E-state index in [1.165, 1.54) is 6.92 Å². The molecule has 9 nitrogen and oxygen atoms in total. The van der Waals surface area contributed by atoms with Gasteiger partial charge >= 0.3 is 5.97 Å². The standard InChI is InChI=1S/C18H30N4O5/c1-3-4-13(19)17(25)22-14(9-11-7-8-20-16(11)24)15(27-10(2)23)18(26)21-12-5-6-12/h11-15H,3-9,19H2,1-2H3,(H,20,24)(H,21,26)(H,22,25)/t11-,13-,14-,15?/m0/s1. The van der Waals surface area contributed by atoms with Crippen molar-refractivity contribution in [2.75, 3.05) is 6.54 Å². The lowest BCUT2D eigenvalue weighted by Gasteiger charge is -2.29. The molecule has 1 aliphatic carbocycles. The van der Waals surface area contributed by atoms with Crippen LogP contribution in [0.25, 0.3) is 0 Å². The minimum Gasteiger partial charge on any atom is -0.450 e. The van der Waals surface area contributed by atoms with E-state index in [4.69, 9.17) is 10.5 Å². The molecule has 0 aromatic rings. The van der Waals surface area contributed by atoms with Crippen molar-refractivity contribution in [3.05, 3.63) is 0 Å². The van der Waals surface area contributed by atoms with Crippen molar-refractivity contribution < 1.29 is 23.9 Å². The van der Waals surface area contributed by atoms with Crippen molar-refractivity contribution in [2.45, 2.75) is 76.6 Å². The second-order valence-electron chi connectivity index (χ2n) is 7.34. The molecule has 2 fully saturated rings. The van der Waals surface area contributed by atoms with Crippen LogP contribution >= 0.6 is 0 Å². The maximum atomic E-state index is 12.6. The molecule has 0 bridgehead atoms. The molecule has 1 heterocycles. The van der Waals surface area contributed by atoms with E-state index in [-0.39, 0.29) is 24.3 Å². The third-order valence-electron chi connectivity index (χ3n) is 4.81. The number of carbonyl (C=O) groups excluding carboxylic acids is 4. The van der Waals surface area contributed by atoms with E-state index in [0.29, 0.717) is 19.4 Å². The summed E-state index contributed by atoms with van der Waals surface area (Å²) >= 11 is 0. The van der Waals surface area contributed by atoms with Gasteiger partial charge in [0.25, 0.3) is 5.91 Å². The minimum absolute atomic E-state index is 0.0732. The van der Waals surface area contributed by atoms with Crippen LogP contribution in [0.15, 0.2) is 0 Å². The van der Waals surface area contributed by atoms with Gasteiger partial charge in [0.2, 0.25) is 11.8 Å². The van der Waals surface area contributed by atoms with Gasteiger partial charge in [0, 0.05) is 25.4 Å². The largest absolute Gasteiger partial charge is 0.450 e. The molecule has 1 saturated carbocycles. The SMILES string of the molecule is CCC[C@H](N)C(=O)N[C@@H](C[C@@H]1CCNC1=O)C(OC(C)=O)C(=O)NC1CC1. The van der Waals surface area contributed by atoms with E-state index in [0.717, 1.165) is 19.3 Å². The quantitative estimate of drug-likeness (QED) is 0.370. The Labute approximate surface area is 159 Å². The van der Waals surface area contributed by atoms with Gasteiger partial charge in [-0.1, -0.05) is 13.3 Å². The zero-order valence-corrected chi connectivity index (χ0v) is 16.0. The predicted octanol–water partition coefficient (Wildman–Crippen LogP) is -0.665. The molecule has 0 radical (unpaired) electrons. The number of amides is 3. The number of ether oxygens (including phenoxy) is 1. The van der Waals surface area contributed by atoms with Gasteiger partial charge in [0.05, 0.1) is 12.1 Å². The molecule has 5 N–H and O–H groups in total. The molecule has 1 aliphatic heterocycles. The van der Waals surface area contributed by atoms with E-state index in [9.17, 15) is 19.2 Å². The lowest BCUT2D eigenvalue weighted by atomic mass is 9.94. The molecule has 2 rings (SSSR count). The summed E-state index contributed by atoms with van der Waals surface area (Å²) < 4.78 is 5.25. The number of rotatable bonds is 10. The molecule has 2 aliphatic rings. The van der Waals surface area contributed by atoms with Gasteiger partial charge < -0.3 is 26.4 Å². The molecular weight excluding hydrogens is 352 g/mol. The molecule has 3 amide bonds. The maximum Gasteiger partial charge on any atom is 0.303 e. The summed E-state index contributed by atoms with van der Waals surface area (Å²) in [4.78, 5) is 48.6. The number of nitrogens with two attached hydrogens (primary N) is 1. The van der Waals surface area contributed by atoms with Crippen LogP contribution in [0.3, 0.4) is 0 Å². The van der Waals surface area contributed by atoms with Crippen LogP contribution in [0.1, 0.15) is 52.4 Å². The normalized spacial score (nSPS) is 22.3. The van der Waals surface area contributed by atoms with Crippen LogP contribution in [0.2, 0.25) is 0 Å². The first-order chi connectivity index (χ1) is 12.8. The van der Waals surface area contributed by atoms with Crippen LogP contribution in [0.4, 0.5) is 0 Å². The van der Waals surface area contributed by atoms with Gasteiger partial charge in [-0.25, -0.2) is 0 Å². The summed E-state index contributed by atoms with van der Waals surface area (Å²) in [5.74, 6) is -1.99. The number of hydrogen-bond acceptors (Lipinski definition) is 6. The number of hydrogen-bond donors (Lipinski definition) is 4. The summed E-state index contributed by atoms with van der Waals surface area (Å²) in [6.07, 6.45) is 2.59. The second kappa shape index (κ2) is 9.68. The predicted molar refractivity (Wildman–Crippen MR) is 97.3 cm³/mol. The first-order valence-corrected chi connectivity index (χ1v) is 9.63. The van der Waals surface area contributed by atoms with Crippen LogP contribution in [0.5, 0.6) is 0 Å². The lowest BCUT2D eigenvalue weighted by Crippen LogP contribution is -2.56. The Hall–Kier alpha value is -2.16. The van der Waals surface area contributed by atoms with Crippen LogP contribution < -0.4 is 21.7 Å². The van der Waals surface area contributed by atoms with E-state index in [1.807, 2.05) is 6.92 Å². The van der Waals surface area contributed by atoms with Crippen molar-refractivity contribution in [3.8, 4) is 0 Å². The van der Waals surface area contributed by atoms with Gasteiger partial charge in [-0.3, -0.25) is 19.2 Å². The van der Waals surface area contributed by atoms with Crippen molar-refractivity contribution in [3.63, 3.8) is 0 Å². The van der Waals surface area contributed by atoms with Crippen LogP contribution in [-0.2, 0) is 23.9 Å². The lowest BCUT2D eigenvalue weighted by molar-refractivity contribution is -0.157. The molecule has 4 atom stereocenters. The molecule has 1 saturated heterocycles. The van der Waals surface area contributed by atoms with E-state index in [2.05, 4.69) is 16.0 Å². The average molecular weight is 382 g/mol. The fourth-order valence-corrected chi connectivity index (χ4v) is 3.17. The van der Waals surface area contributed by atoms with E-state index < -0.39 is 36.0 Å². The van der Waals surface area contributed by atoms with Crippen molar-refractivity contribution >= 4 is 23.7 Å². The Balaban J connectivity index is 2.16. The number of carbonyl (C=O) groups is 4. The highest BCUT2D eigenvalue weighted by atomic mass is 16.5. The number of nitrogens with one attached hydrogen (secondary N) is 3.